The number of aryl methyl sites for hydroxylation is 2. The van der Waals surface area contributed by atoms with Gasteiger partial charge in [0, 0.05) is 21.8 Å². The van der Waals surface area contributed by atoms with Crippen LogP contribution < -0.4 is 0 Å². The highest BCUT2D eigenvalue weighted by Crippen LogP contribution is 2.29. The number of aromatic carboxylic acids is 1. The molecule has 6 nitrogen and oxygen atoms in total. The van der Waals surface area contributed by atoms with E-state index in [0.29, 0.717) is 23.0 Å². The van der Waals surface area contributed by atoms with E-state index in [1.165, 1.54) is 0 Å². The number of fused-ring (bicyclic) bond motifs is 1. The van der Waals surface area contributed by atoms with Crippen LogP contribution in [-0.4, -0.2) is 25.8 Å². The van der Waals surface area contributed by atoms with Gasteiger partial charge >= 0.3 is 5.97 Å². The fourth-order valence-electron chi connectivity index (χ4n) is 3.06. The molecule has 0 unspecified atom stereocenters. The normalized spacial score (nSPS) is 11.2. The molecule has 0 aliphatic heterocycles. The highest BCUT2D eigenvalue weighted by Gasteiger charge is 2.16. The third-order valence-corrected chi connectivity index (χ3v) is 4.54. The van der Waals surface area contributed by atoms with E-state index in [4.69, 9.17) is 21.1 Å². The zero-order valence-electron chi connectivity index (χ0n) is 14.7. The maximum atomic E-state index is 11.2. The second kappa shape index (κ2) is 6.55. The average molecular weight is 382 g/mol. The zero-order valence-corrected chi connectivity index (χ0v) is 15.5. The van der Waals surface area contributed by atoms with Gasteiger partial charge in [0.25, 0.3) is 0 Å². The first kappa shape index (κ1) is 17.3. The Labute approximate surface area is 160 Å². The van der Waals surface area contributed by atoms with Gasteiger partial charge in [0.05, 0.1) is 6.54 Å². The Kier molecular flexibility index (Phi) is 4.20. The van der Waals surface area contributed by atoms with Crippen LogP contribution in [0.25, 0.3) is 22.6 Å². The Hall–Kier alpha value is -3.12. The predicted molar refractivity (Wildman–Crippen MR) is 102 cm³/mol. The first-order chi connectivity index (χ1) is 12.9. The lowest BCUT2D eigenvalue weighted by molar-refractivity contribution is 0.0689. The van der Waals surface area contributed by atoms with Crippen LogP contribution in [0, 0.1) is 13.8 Å². The number of hydrogen-bond acceptors (Lipinski definition) is 4. The van der Waals surface area contributed by atoms with Crippen molar-refractivity contribution in [3.05, 3.63) is 70.0 Å². The van der Waals surface area contributed by atoms with Crippen LogP contribution in [0.15, 0.2) is 46.9 Å². The predicted octanol–water partition coefficient (Wildman–Crippen LogP) is 4.71. The van der Waals surface area contributed by atoms with E-state index in [9.17, 15) is 4.79 Å². The van der Waals surface area contributed by atoms with Gasteiger partial charge in [-0.05, 0) is 49.7 Å². The minimum atomic E-state index is -1.05. The monoisotopic (exact) mass is 381 g/mol. The fourth-order valence-corrected chi connectivity index (χ4v) is 3.25. The first-order valence-corrected chi connectivity index (χ1v) is 8.72. The van der Waals surface area contributed by atoms with E-state index in [2.05, 4.69) is 10.1 Å². The summed E-state index contributed by atoms with van der Waals surface area (Å²) in [4.78, 5) is 15.8. The Morgan fingerprint density at radius 1 is 1.22 bits per heavy atom. The van der Waals surface area contributed by atoms with Gasteiger partial charge in [-0.3, -0.25) is 4.68 Å². The van der Waals surface area contributed by atoms with E-state index >= 15 is 0 Å². The summed E-state index contributed by atoms with van der Waals surface area (Å²) < 4.78 is 7.69. The number of nitrogens with zero attached hydrogens (tertiary/aromatic N) is 3. The van der Waals surface area contributed by atoms with Gasteiger partial charge in [-0.15, -0.1) is 0 Å². The zero-order chi connectivity index (χ0) is 19.1. The van der Waals surface area contributed by atoms with Gasteiger partial charge in [-0.2, -0.15) is 5.10 Å². The number of oxazole rings is 1. The van der Waals surface area contributed by atoms with Crippen LogP contribution in [0.5, 0.6) is 0 Å². The van der Waals surface area contributed by atoms with Crippen molar-refractivity contribution in [2.24, 2.45) is 0 Å². The SMILES string of the molecule is Cc1cc(Cn2nc(C(=O)O)cc2C)c2oc(-c3cccc(Cl)c3)nc2c1. The molecule has 0 aliphatic rings. The van der Waals surface area contributed by atoms with Crippen LogP contribution in [0.3, 0.4) is 0 Å². The summed E-state index contributed by atoms with van der Waals surface area (Å²) >= 11 is 6.07. The largest absolute Gasteiger partial charge is 0.476 e. The molecular formula is C20H16ClN3O3. The quantitative estimate of drug-likeness (QED) is 0.553. The maximum absolute atomic E-state index is 11.2. The summed E-state index contributed by atoms with van der Waals surface area (Å²) in [5, 5.41) is 13.9. The molecule has 2 aromatic carbocycles. The molecule has 0 atom stereocenters. The van der Waals surface area contributed by atoms with Gasteiger partial charge < -0.3 is 9.52 Å². The molecule has 4 aromatic rings. The molecule has 0 aliphatic carbocycles. The van der Waals surface area contributed by atoms with Crippen LogP contribution >= 0.6 is 11.6 Å². The molecule has 0 saturated heterocycles. The Bertz CT molecular complexity index is 1180. The minimum absolute atomic E-state index is 0.0218. The molecule has 2 aromatic heterocycles. The standard InChI is InChI=1S/C20H16ClN3O3/c1-11-6-14(10-24-12(2)8-17(23-24)20(25)26)18-16(7-11)22-19(27-18)13-4-3-5-15(21)9-13/h3-9H,10H2,1-2H3,(H,25,26). The Morgan fingerprint density at radius 2 is 2.04 bits per heavy atom. The molecule has 4 rings (SSSR count). The van der Waals surface area contributed by atoms with Crippen molar-refractivity contribution in [2.75, 3.05) is 0 Å². The number of carboxylic acids is 1. The van der Waals surface area contributed by atoms with Crippen LogP contribution in [0.1, 0.15) is 27.3 Å². The van der Waals surface area contributed by atoms with E-state index in [-0.39, 0.29) is 5.69 Å². The molecular weight excluding hydrogens is 366 g/mol. The van der Waals surface area contributed by atoms with Gasteiger partial charge in [-0.25, -0.2) is 9.78 Å². The molecule has 7 heteroatoms. The Morgan fingerprint density at radius 3 is 2.74 bits per heavy atom. The number of benzene rings is 2. The molecule has 0 saturated carbocycles. The van der Waals surface area contributed by atoms with Crippen molar-refractivity contribution in [1.82, 2.24) is 14.8 Å². The topological polar surface area (TPSA) is 81.2 Å². The van der Waals surface area contributed by atoms with Gasteiger partial charge in [-0.1, -0.05) is 23.7 Å². The van der Waals surface area contributed by atoms with Gasteiger partial charge in [0.2, 0.25) is 5.89 Å². The smallest absolute Gasteiger partial charge is 0.356 e. The summed E-state index contributed by atoms with van der Waals surface area (Å²) in [6.07, 6.45) is 0. The van der Waals surface area contributed by atoms with E-state index in [1.807, 2.05) is 38.1 Å². The minimum Gasteiger partial charge on any atom is -0.476 e. The Balaban J connectivity index is 1.80. The fraction of sp³-hybridized carbons (Fsp3) is 0.150. The second-order valence-corrected chi connectivity index (χ2v) is 6.87. The summed E-state index contributed by atoms with van der Waals surface area (Å²) in [5.74, 6) is -0.558. The number of hydrogen-bond donors (Lipinski definition) is 1. The van der Waals surface area contributed by atoms with Gasteiger partial charge in [0.15, 0.2) is 11.3 Å². The van der Waals surface area contributed by atoms with Crippen molar-refractivity contribution in [3.63, 3.8) is 0 Å². The lowest BCUT2D eigenvalue weighted by atomic mass is 10.1. The maximum Gasteiger partial charge on any atom is 0.356 e. The van der Waals surface area contributed by atoms with Crippen molar-refractivity contribution >= 4 is 28.7 Å². The molecule has 136 valence electrons. The lowest BCUT2D eigenvalue weighted by Gasteiger charge is -2.06. The third-order valence-electron chi connectivity index (χ3n) is 4.30. The van der Waals surface area contributed by atoms with Crippen molar-refractivity contribution in [3.8, 4) is 11.5 Å². The van der Waals surface area contributed by atoms with Crippen LogP contribution in [0.2, 0.25) is 5.02 Å². The van der Waals surface area contributed by atoms with Crippen LogP contribution in [-0.2, 0) is 6.54 Å². The number of aromatic nitrogens is 3. The average Bonchev–Trinajstić information content (AvgIpc) is 3.19. The lowest BCUT2D eigenvalue weighted by Crippen LogP contribution is -2.06. The van der Waals surface area contributed by atoms with E-state index in [0.717, 1.165) is 27.9 Å². The molecule has 27 heavy (non-hydrogen) atoms. The van der Waals surface area contributed by atoms with Gasteiger partial charge in [0.1, 0.15) is 5.52 Å². The first-order valence-electron chi connectivity index (χ1n) is 8.34. The molecule has 0 bridgehead atoms. The molecule has 0 radical (unpaired) electrons. The molecule has 0 spiro atoms. The van der Waals surface area contributed by atoms with E-state index < -0.39 is 5.97 Å². The number of carboxylic acid groups (broad SMARTS) is 1. The third kappa shape index (κ3) is 3.31. The molecule has 2 heterocycles. The second-order valence-electron chi connectivity index (χ2n) is 6.44. The summed E-state index contributed by atoms with van der Waals surface area (Å²) in [6.45, 7) is 4.20. The highest BCUT2D eigenvalue weighted by atomic mass is 35.5. The molecule has 0 fully saturated rings. The van der Waals surface area contributed by atoms with Crippen molar-refractivity contribution < 1.29 is 14.3 Å². The number of rotatable bonds is 4. The van der Waals surface area contributed by atoms with Crippen LogP contribution in [0.4, 0.5) is 0 Å². The number of carbonyl (C=O) groups is 1. The molecule has 0 amide bonds. The summed E-state index contributed by atoms with van der Waals surface area (Å²) in [7, 11) is 0. The molecule has 1 N–H and O–H groups in total. The highest BCUT2D eigenvalue weighted by molar-refractivity contribution is 6.30. The van der Waals surface area contributed by atoms with E-state index in [1.54, 1.807) is 22.9 Å². The van der Waals surface area contributed by atoms with Crippen molar-refractivity contribution in [2.45, 2.75) is 20.4 Å². The number of halogens is 1. The van der Waals surface area contributed by atoms with Crippen molar-refractivity contribution in [1.29, 1.82) is 0 Å². The summed E-state index contributed by atoms with van der Waals surface area (Å²) in [6, 6.07) is 12.8. The summed E-state index contributed by atoms with van der Waals surface area (Å²) in [5.41, 5.74) is 4.89.